The smallest absolute Gasteiger partial charge is 0.230 e. The van der Waals surface area contributed by atoms with Gasteiger partial charge in [0, 0.05) is 25.0 Å². The fourth-order valence-electron chi connectivity index (χ4n) is 6.03. The van der Waals surface area contributed by atoms with Gasteiger partial charge in [-0.05, 0) is 60.6 Å². The number of nitrogens with one attached hydrogen (secondary N) is 1. The van der Waals surface area contributed by atoms with Crippen LogP contribution in [0.15, 0.2) is 66.9 Å². The molecule has 4 nitrogen and oxygen atoms in total. The van der Waals surface area contributed by atoms with Crippen molar-refractivity contribution >= 4 is 11.6 Å². The lowest BCUT2D eigenvalue weighted by Gasteiger charge is -2.47. The summed E-state index contributed by atoms with van der Waals surface area (Å²) in [4.78, 5) is 16.2. The first-order valence-electron chi connectivity index (χ1n) is 13.0. The second-order valence-corrected chi connectivity index (χ2v) is 10.1. The van der Waals surface area contributed by atoms with Gasteiger partial charge in [0.05, 0.1) is 22.8 Å². The fourth-order valence-corrected chi connectivity index (χ4v) is 6.03. The number of piperidine rings is 1. The quantitative estimate of drug-likeness (QED) is 0.460. The average Bonchev–Trinajstić information content (AvgIpc) is 3.37. The van der Waals surface area contributed by atoms with Crippen LogP contribution in [0.3, 0.4) is 0 Å². The Morgan fingerprint density at radius 2 is 1.74 bits per heavy atom. The van der Waals surface area contributed by atoms with E-state index in [0.29, 0.717) is 11.8 Å². The highest BCUT2D eigenvalue weighted by atomic mass is 16.2. The van der Waals surface area contributed by atoms with Crippen LogP contribution in [0.5, 0.6) is 0 Å². The molecular weight excluding hydrogens is 418 g/mol. The Labute approximate surface area is 204 Å². The van der Waals surface area contributed by atoms with E-state index in [0.717, 1.165) is 45.2 Å². The Hall–Kier alpha value is -3.01. The Balaban J connectivity index is 1.40. The number of benzene rings is 2. The van der Waals surface area contributed by atoms with Crippen molar-refractivity contribution in [2.45, 2.75) is 64.3 Å². The average molecular weight is 456 g/mol. The van der Waals surface area contributed by atoms with Gasteiger partial charge < -0.3 is 14.8 Å². The number of fused-ring (bicyclic) bond motifs is 4. The summed E-state index contributed by atoms with van der Waals surface area (Å²) in [5.74, 6) is 0.559. The molecule has 4 heteroatoms. The molecule has 2 aliphatic heterocycles. The van der Waals surface area contributed by atoms with E-state index in [-0.39, 0.29) is 11.5 Å². The molecule has 1 fully saturated rings. The standard InChI is InChI=1S/C30H37N3O/c1-4-11-23-12-6-7-13-24(23)28(22(3)5-2)29(34)32-20-17-30(18-21-32)27-16-10-19-33(27)26-15-9-8-14-25(26)31-30/h6-10,12-16,19,22,28,31H,4-5,11,17-18,20-21H2,1-3H3. The van der Waals surface area contributed by atoms with Crippen LogP contribution < -0.4 is 5.32 Å². The summed E-state index contributed by atoms with van der Waals surface area (Å²) in [6, 6.07) is 21.5. The molecule has 3 aromatic rings. The molecule has 1 aromatic heterocycles. The molecule has 34 heavy (non-hydrogen) atoms. The van der Waals surface area contributed by atoms with E-state index in [1.165, 1.54) is 28.2 Å². The molecule has 3 heterocycles. The number of nitrogens with zero attached hydrogens (tertiary/aromatic N) is 2. The molecular formula is C30H37N3O. The maximum Gasteiger partial charge on any atom is 0.230 e. The Bertz CT molecular complexity index is 1160. The van der Waals surface area contributed by atoms with Crippen molar-refractivity contribution in [2.24, 2.45) is 5.92 Å². The number of likely N-dealkylation sites (tertiary alicyclic amines) is 1. The van der Waals surface area contributed by atoms with Gasteiger partial charge in [0.1, 0.15) is 0 Å². The third kappa shape index (κ3) is 3.83. The number of aromatic nitrogens is 1. The van der Waals surface area contributed by atoms with E-state index in [4.69, 9.17) is 0 Å². The van der Waals surface area contributed by atoms with E-state index < -0.39 is 0 Å². The second kappa shape index (κ2) is 9.32. The molecule has 5 rings (SSSR count). The van der Waals surface area contributed by atoms with Crippen molar-refractivity contribution in [1.82, 2.24) is 9.47 Å². The molecule has 0 radical (unpaired) electrons. The van der Waals surface area contributed by atoms with Crippen molar-refractivity contribution in [3.8, 4) is 5.69 Å². The number of para-hydroxylation sites is 2. The van der Waals surface area contributed by atoms with Gasteiger partial charge in [-0.25, -0.2) is 0 Å². The number of anilines is 1. The molecule has 2 aliphatic rings. The molecule has 2 atom stereocenters. The maximum absolute atomic E-state index is 14.0. The van der Waals surface area contributed by atoms with Crippen molar-refractivity contribution in [3.63, 3.8) is 0 Å². The van der Waals surface area contributed by atoms with Crippen LogP contribution in [0, 0.1) is 5.92 Å². The number of amides is 1. The number of rotatable bonds is 6. The summed E-state index contributed by atoms with van der Waals surface area (Å²) >= 11 is 0. The van der Waals surface area contributed by atoms with Crippen LogP contribution in [-0.2, 0) is 16.8 Å². The summed E-state index contributed by atoms with van der Waals surface area (Å²) in [5.41, 5.74) is 6.14. The first-order chi connectivity index (χ1) is 16.6. The summed E-state index contributed by atoms with van der Waals surface area (Å²) in [6.07, 6.45) is 7.12. The van der Waals surface area contributed by atoms with E-state index in [1.54, 1.807) is 0 Å². The highest BCUT2D eigenvalue weighted by molar-refractivity contribution is 5.85. The highest BCUT2D eigenvalue weighted by Crippen LogP contribution is 2.44. The number of aryl methyl sites for hydroxylation is 1. The molecule has 0 aliphatic carbocycles. The first-order valence-corrected chi connectivity index (χ1v) is 13.0. The maximum atomic E-state index is 14.0. The number of carbonyl (C=O) groups excluding carboxylic acids is 1. The molecule has 0 saturated carbocycles. The number of carbonyl (C=O) groups is 1. The predicted octanol–water partition coefficient (Wildman–Crippen LogP) is 6.50. The Morgan fingerprint density at radius 1 is 1.00 bits per heavy atom. The van der Waals surface area contributed by atoms with Crippen LogP contribution in [0.1, 0.15) is 69.2 Å². The second-order valence-electron chi connectivity index (χ2n) is 10.1. The normalized spacial score (nSPS) is 18.0. The first kappa shape index (κ1) is 22.8. The lowest BCUT2D eigenvalue weighted by molar-refractivity contribution is -0.135. The van der Waals surface area contributed by atoms with Gasteiger partial charge in [-0.2, -0.15) is 0 Å². The molecule has 178 valence electrons. The van der Waals surface area contributed by atoms with Crippen molar-refractivity contribution in [1.29, 1.82) is 0 Å². The zero-order chi connectivity index (χ0) is 23.7. The molecule has 1 N–H and O–H groups in total. The minimum Gasteiger partial charge on any atom is -0.372 e. The molecule has 1 amide bonds. The van der Waals surface area contributed by atoms with Gasteiger partial charge >= 0.3 is 0 Å². The minimum atomic E-state index is -0.124. The predicted molar refractivity (Wildman–Crippen MR) is 140 cm³/mol. The van der Waals surface area contributed by atoms with Crippen LogP contribution in [-0.4, -0.2) is 28.5 Å². The van der Waals surface area contributed by atoms with Crippen molar-refractivity contribution in [3.05, 3.63) is 83.7 Å². The topological polar surface area (TPSA) is 37.3 Å². The van der Waals surface area contributed by atoms with E-state index in [2.05, 4.69) is 102 Å². The lowest BCUT2D eigenvalue weighted by atomic mass is 9.79. The van der Waals surface area contributed by atoms with Gasteiger partial charge in [-0.3, -0.25) is 4.79 Å². The molecule has 1 spiro atoms. The zero-order valence-corrected chi connectivity index (χ0v) is 20.8. The van der Waals surface area contributed by atoms with Gasteiger partial charge in [0.2, 0.25) is 5.91 Å². The molecule has 2 unspecified atom stereocenters. The Kier molecular flexibility index (Phi) is 6.24. The monoisotopic (exact) mass is 455 g/mol. The molecule has 2 aromatic carbocycles. The summed E-state index contributed by atoms with van der Waals surface area (Å²) in [7, 11) is 0. The summed E-state index contributed by atoms with van der Waals surface area (Å²) in [6.45, 7) is 8.22. The largest absolute Gasteiger partial charge is 0.372 e. The van der Waals surface area contributed by atoms with Crippen LogP contribution in [0.25, 0.3) is 5.69 Å². The lowest BCUT2D eigenvalue weighted by Crippen LogP contribution is -2.52. The number of hydrogen-bond donors (Lipinski definition) is 1. The zero-order valence-electron chi connectivity index (χ0n) is 20.8. The van der Waals surface area contributed by atoms with Crippen molar-refractivity contribution < 1.29 is 4.79 Å². The third-order valence-corrected chi connectivity index (χ3v) is 8.09. The fraction of sp³-hybridized carbons (Fsp3) is 0.433. The minimum absolute atomic E-state index is 0.0642. The van der Waals surface area contributed by atoms with Crippen LogP contribution >= 0.6 is 0 Å². The Morgan fingerprint density at radius 3 is 2.50 bits per heavy atom. The summed E-state index contributed by atoms with van der Waals surface area (Å²) < 4.78 is 2.33. The van der Waals surface area contributed by atoms with Crippen LogP contribution in [0.4, 0.5) is 5.69 Å². The van der Waals surface area contributed by atoms with Crippen molar-refractivity contribution in [2.75, 3.05) is 18.4 Å². The highest BCUT2D eigenvalue weighted by Gasteiger charge is 2.43. The van der Waals surface area contributed by atoms with Gasteiger partial charge in [0.15, 0.2) is 0 Å². The third-order valence-electron chi connectivity index (χ3n) is 8.09. The van der Waals surface area contributed by atoms with E-state index >= 15 is 0 Å². The van der Waals surface area contributed by atoms with E-state index in [9.17, 15) is 4.79 Å². The van der Waals surface area contributed by atoms with Gasteiger partial charge in [0.25, 0.3) is 0 Å². The molecule has 1 saturated heterocycles. The molecule has 0 bridgehead atoms. The van der Waals surface area contributed by atoms with E-state index in [1.807, 2.05) is 0 Å². The SMILES string of the molecule is CCCc1ccccc1C(C(=O)N1CCC2(CC1)Nc1ccccc1-n1cccc12)C(C)CC. The number of hydrogen-bond acceptors (Lipinski definition) is 2. The van der Waals surface area contributed by atoms with Crippen LogP contribution in [0.2, 0.25) is 0 Å². The van der Waals surface area contributed by atoms with Gasteiger partial charge in [-0.15, -0.1) is 0 Å². The summed E-state index contributed by atoms with van der Waals surface area (Å²) in [5, 5.41) is 3.88. The van der Waals surface area contributed by atoms with Gasteiger partial charge in [-0.1, -0.05) is 70.0 Å².